The summed E-state index contributed by atoms with van der Waals surface area (Å²) in [5.74, 6) is 0.317. The predicted octanol–water partition coefficient (Wildman–Crippen LogP) is 2.00. The van der Waals surface area contributed by atoms with Gasteiger partial charge < -0.3 is 10.6 Å². The van der Waals surface area contributed by atoms with E-state index < -0.39 is 0 Å². The summed E-state index contributed by atoms with van der Waals surface area (Å²) in [6.07, 6.45) is 5.02. The van der Waals surface area contributed by atoms with Crippen molar-refractivity contribution in [1.29, 1.82) is 0 Å². The molecule has 0 atom stereocenters. The summed E-state index contributed by atoms with van der Waals surface area (Å²) in [6.45, 7) is 7.32. The van der Waals surface area contributed by atoms with Gasteiger partial charge in [-0.2, -0.15) is 0 Å². The molecule has 1 aliphatic rings. The van der Waals surface area contributed by atoms with Crippen LogP contribution in [0.1, 0.15) is 42.8 Å². The zero-order valence-electron chi connectivity index (χ0n) is 13.6. The minimum atomic E-state index is 0.317. The molecule has 124 valence electrons. The zero-order chi connectivity index (χ0) is 15.8. The molecule has 2 rings (SSSR count). The fourth-order valence-electron chi connectivity index (χ4n) is 2.80. The average molecular weight is 324 g/mol. The molecule has 0 radical (unpaired) electrons. The van der Waals surface area contributed by atoms with E-state index in [9.17, 15) is 4.79 Å². The van der Waals surface area contributed by atoms with Crippen LogP contribution >= 0.6 is 11.3 Å². The molecular weight excluding hydrogens is 296 g/mol. The van der Waals surface area contributed by atoms with Gasteiger partial charge in [0.25, 0.3) is 0 Å². The van der Waals surface area contributed by atoms with Gasteiger partial charge in [-0.1, -0.05) is 12.8 Å². The number of nitrogens with zero attached hydrogens (tertiary/aromatic N) is 3. The number of hydrogen-bond acceptors (Lipinski definition) is 5. The van der Waals surface area contributed by atoms with Gasteiger partial charge in [0.1, 0.15) is 0 Å². The maximum Gasteiger partial charge on any atom is 0.222 e. The fourth-order valence-corrected chi connectivity index (χ4v) is 3.40. The topological polar surface area (TPSA) is 62.5 Å². The van der Waals surface area contributed by atoms with Gasteiger partial charge in [0, 0.05) is 44.5 Å². The molecule has 2 N–H and O–H groups in total. The molecule has 0 aliphatic carbocycles. The zero-order valence-corrected chi connectivity index (χ0v) is 14.4. The summed E-state index contributed by atoms with van der Waals surface area (Å²) in [5, 5.41) is 3.26. The van der Waals surface area contributed by atoms with Crippen molar-refractivity contribution in [3.63, 3.8) is 0 Å². The molecule has 1 aliphatic heterocycles. The molecule has 22 heavy (non-hydrogen) atoms. The normalized spacial score (nSPS) is 16.2. The number of aryl methyl sites for hydroxylation is 1. The molecule has 0 aromatic carbocycles. The Labute approximate surface area is 137 Å². The molecule has 1 amide bonds. The Kier molecular flexibility index (Phi) is 7.29. The molecule has 0 unspecified atom stereocenters. The fraction of sp³-hybridized carbons (Fsp3) is 0.750. The third kappa shape index (κ3) is 5.66. The number of carbonyl (C=O) groups is 1. The minimum Gasteiger partial charge on any atom is -0.340 e. The first-order chi connectivity index (χ1) is 10.7. The third-order valence-corrected chi connectivity index (χ3v) is 4.94. The number of rotatable bonds is 8. The van der Waals surface area contributed by atoms with Crippen LogP contribution < -0.4 is 5.73 Å². The summed E-state index contributed by atoms with van der Waals surface area (Å²) >= 11 is 1.70. The van der Waals surface area contributed by atoms with Gasteiger partial charge in [-0.3, -0.25) is 9.69 Å². The Morgan fingerprint density at radius 2 is 1.95 bits per heavy atom. The van der Waals surface area contributed by atoms with Crippen molar-refractivity contribution in [2.75, 3.05) is 32.7 Å². The molecule has 0 spiro atoms. The van der Waals surface area contributed by atoms with E-state index in [4.69, 9.17) is 5.73 Å². The van der Waals surface area contributed by atoms with Crippen LogP contribution in [0.3, 0.4) is 0 Å². The van der Waals surface area contributed by atoms with Gasteiger partial charge in [0.05, 0.1) is 10.7 Å². The Morgan fingerprint density at radius 1 is 1.23 bits per heavy atom. The van der Waals surface area contributed by atoms with E-state index in [0.717, 1.165) is 75.7 Å². The van der Waals surface area contributed by atoms with Crippen LogP contribution in [-0.2, 0) is 11.3 Å². The van der Waals surface area contributed by atoms with Crippen LogP contribution in [0.25, 0.3) is 0 Å². The Balaban J connectivity index is 1.62. The van der Waals surface area contributed by atoms with E-state index in [0.29, 0.717) is 12.3 Å². The molecule has 1 saturated heterocycles. The lowest BCUT2D eigenvalue weighted by Crippen LogP contribution is -2.48. The molecular formula is C16H28N4OS. The second-order valence-corrected chi connectivity index (χ2v) is 7.03. The average Bonchev–Trinajstić information content (AvgIpc) is 2.93. The van der Waals surface area contributed by atoms with Crippen molar-refractivity contribution in [1.82, 2.24) is 14.8 Å². The third-order valence-electron chi connectivity index (χ3n) is 4.12. The Bertz CT molecular complexity index is 455. The van der Waals surface area contributed by atoms with Crippen molar-refractivity contribution < 1.29 is 4.79 Å². The van der Waals surface area contributed by atoms with Crippen LogP contribution in [0.2, 0.25) is 0 Å². The number of amides is 1. The van der Waals surface area contributed by atoms with Crippen molar-refractivity contribution in [3.05, 3.63) is 16.1 Å². The standard InChI is InChI=1S/C16H28N4OS/c1-14-18-15(13-22-14)12-19-8-10-20(11-9-19)16(21)6-4-2-3-5-7-17/h13H,2-12,17H2,1H3. The number of piperazine rings is 1. The first-order valence-corrected chi connectivity index (χ1v) is 9.18. The highest BCUT2D eigenvalue weighted by Gasteiger charge is 2.21. The summed E-state index contributed by atoms with van der Waals surface area (Å²) in [6, 6.07) is 0. The maximum absolute atomic E-state index is 12.2. The Morgan fingerprint density at radius 3 is 2.59 bits per heavy atom. The highest BCUT2D eigenvalue weighted by molar-refractivity contribution is 7.09. The van der Waals surface area contributed by atoms with E-state index in [-0.39, 0.29) is 0 Å². The largest absolute Gasteiger partial charge is 0.340 e. The lowest BCUT2D eigenvalue weighted by Gasteiger charge is -2.34. The van der Waals surface area contributed by atoms with Crippen LogP contribution in [0, 0.1) is 6.92 Å². The van der Waals surface area contributed by atoms with Crippen molar-refractivity contribution in [2.45, 2.75) is 45.6 Å². The van der Waals surface area contributed by atoms with Crippen LogP contribution in [-0.4, -0.2) is 53.4 Å². The number of unbranched alkanes of at least 4 members (excludes halogenated alkanes) is 3. The monoisotopic (exact) mass is 324 g/mol. The van der Waals surface area contributed by atoms with E-state index in [1.54, 1.807) is 11.3 Å². The highest BCUT2D eigenvalue weighted by atomic mass is 32.1. The number of hydrogen-bond donors (Lipinski definition) is 1. The van der Waals surface area contributed by atoms with Crippen molar-refractivity contribution in [3.8, 4) is 0 Å². The minimum absolute atomic E-state index is 0.317. The number of thiazole rings is 1. The highest BCUT2D eigenvalue weighted by Crippen LogP contribution is 2.13. The van der Waals surface area contributed by atoms with Gasteiger partial charge in [-0.25, -0.2) is 4.98 Å². The molecule has 6 heteroatoms. The lowest BCUT2D eigenvalue weighted by atomic mass is 10.1. The summed E-state index contributed by atoms with van der Waals surface area (Å²) < 4.78 is 0. The van der Waals surface area contributed by atoms with E-state index in [1.807, 2.05) is 11.8 Å². The van der Waals surface area contributed by atoms with Crippen LogP contribution in [0.15, 0.2) is 5.38 Å². The summed E-state index contributed by atoms with van der Waals surface area (Å²) in [4.78, 5) is 21.1. The van der Waals surface area contributed by atoms with Gasteiger partial charge in [-0.05, 0) is 26.3 Å². The SMILES string of the molecule is Cc1nc(CN2CCN(C(=O)CCCCCCN)CC2)cs1. The predicted molar refractivity (Wildman–Crippen MR) is 90.8 cm³/mol. The van der Waals surface area contributed by atoms with Gasteiger partial charge >= 0.3 is 0 Å². The van der Waals surface area contributed by atoms with Crippen LogP contribution in [0.5, 0.6) is 0 Å². The van der Waals surface area contributed by atoms with Gasteiger partial charge in [0.15, 0.2) is 0 Å². The molecule has 2 heterocycles. The first kappa shape index (κ1) is 17.4. The number of nitrogens with two attached hydrogens (primary N) is 1. The molecule has 0 bridgehead atoms. The lowest BCUT2D eigenvalue weighted by molar-refractivity contribution is -0.133. The summed E-state index contributed by atoms with van der Waals surface area (Å²) in [7, 11) is 0. The first-order valence-electron chi connectivity index (χ1n) is 8.30. The van der Waals surface area contributed by atoms with Crippen molar-refractivity contribution >= 4 is 17.2 Å². The second-order valence-electron chi connectivity index (χ2n) is 5.97. The van der Waals surface area contributed by atoms with Crippen molar-refractivity contribution in [2.24, 2.45) is 5.73 Å². The Hall–Kier alpha value is -0.980. The molecule has 1 aromatic rings. The van der Waals surface area contributed by atoms with E-state index >= 15 is 0 Å². The number of aromatic nitrogens is 1. The second kappa shape index (κ2) is 9.22. The molecule has 0 saturated carbocycles. The molecule has 1 fully saturated rings. The molecule has 5 nitrogen and oxygen atoms in total. The van der Waals surface area contributed by atoms with Crippen LogP contribution in [0.4, 0.5) is 0 Å². The quantitative estimate of drug-likeness (QED) is 0.743. The van der Waals surface area contributed by atoms with E-state index in [2.05, 4.69) is 15.3 Å². The molecule has 1 aromatic heterocycles. The maximum atomic E-state index is 12.2. The van der Waals surface area contributed by atoms with Gasteiger partial charge in [-0.15, -0.1) is 11.3 Å². The summed E-state index contributed by atoms with van der Waals surface area (Å²) in [5.41, 5.74) is 6.63. The van der Waals surface area contributed by atoms with Gasteiger partial charge in [0.2, 0.25) is 5.91 Å². The smallest absolute Gasteiger partial charge is 0.222 e. The van der Waals surface area contributed by atoms with E-state index in [1.165, 1.54) is 0 Å². The number of carbonyl (C=O) groups excluding carboxylic acids is 1.